The van der Waals surface area contributed by atoms with Gasteiger partial charge in [0.15, 0.2) is 11.5 Å². The summed E-state index contributed by atoms with van der Waals surface area (Å²) in [5.74, 6) is -0.765. The van der Waals surface area contributed by atoms with Gasteiger partial charge in [0.2, 0.25) is 5.78 Å². The van der Waals surface area contributed by atoms with Crippen molar-refractivity contribution < 1.29 is 23.8 Å². The molecule has 0 spiro atoms. The third kappa shape index (κ3) is 3.10. The molecule has 1 unspecified atom stereocenters. The summed E-state index contributed by atoms with van der Waals surface area (Å²) >= 11 is 0. The van der Waals surface area contributed by atoms with Gasteiger partial charge in [-0.25, -0.2) is 0 Å². The topological polar surface area (TPSA) is 80.0 Å². The molecular formula is C20H21NO5. The van der Waals surface area contributed by atoms with E-state index in [4.69, 9.17) is 9.15 Å². The molecule has 0 radical (unpaired) electrons. The zero-order valence-electron chi connectivity index (χ0n) is 14.8. The zero-order chi connectivity index (χ0) is 18.7. The minimum atomic E-state index is -0.655. The molecule has 1 aliphatic heterocycles. The summed E-state index contributed by atoms with van der Waals surface area (Å²) < 4.78 is 10.4. The van der Waals surface area contributed by atoms with E-state index in [1.807, 2.05) is 6.92 Å². The van der Waals surface area contributed by atoms with Crippen molar-refractivity contribution in [3.8, 4) is 5.75 Å². The molecule has 136 valence electrons. The van der Waals surface area contributed by atoms with Crippen molar-refractivity contribution in [3.05, 3.63) is 65.3 Å². The molecule has 0 saturated carbocycles. The summed E-state index contributed by atoms with van der Waals surface area (Å²) in [6, 6.07) is 9.58. The van der Waals surface area contributed by atoms with Crippen molar-refractivity contribution in [3.63, 3.8) is 0 Å². The van der Waals surface area contributed by atoms with Gasteiger partial charge in [0.1, 0.15) is 5.75 Å². The maximum absolute atomic E-state index is 12.9. The van der Waals surface area contributed by atoms with E-state index in [0.29, 0.717) is 12.3 Å². The number of aliphatic hydroxyl groups excluding tert-OH is 1. The molecule has 2 aromatic rings. The lowest BCUT2D eigenvalue weighted by molar-refractivity contribution is -0.129. The van der Waals surface area contributed by atoms with E-state index in [2.05, 4.69) is 0 Å². The number of furan rings is 1. The summed E-state index contributed by atoms with van der Waals surface area (Å²) in [5.41, 5.74) is 0.778. The Hall–Kier alpha value is -3.02. The van der Waals surface area contributed by atoms with Crippen LogP contribution in [0.3, 0.4) is 0 Å². The Bertz CT molecular complexity index is 820. The normalized spacial score (nSPS) is 17.1. The first-order chi connectivity index (χ1) is 12.6. The van der Waals surface area contributed by atoms with Crippen LogP contribution in [-0.2, 0) is 4.79 Å². The number of unbranched alkanes of at least 4 members (excludes halogenated alkanes) is 1. The number of Topliss-reactive ketones (excluding diaryl/α,β-unsaturated/α-hetero) is 1. The van der Waals surface area contributed by atoms with Gasteiger partial charge in [-0.05, 0) is 36.2 Å². The minimum Gasteiger partial charge on any atom is -0.503 e. The first-order valence-electron chi connectivity index (χ1n) is 8.54. The molecule has 6 nitrogen and oxygen atoms in total. The van der Waals surface area contributed by atoms with Crippen LogP contribution < -0.4 is 4.74 Å². The van der Waals surface area contributed by atoms with Gasteiger partial charge in [0.05, 0.1) is 25.0 Å². The Morgan fingerprint density at radius 1 is 1.27 bits per heavy atom. The Balaban J connectivity index is 2.05. The highest BCUT2D eigenvalue weighted by Crippen LogP contribution is 2.39. The number of ether oxygens (including phenoxy) is 1. The fraction of sp³-hybridized carbons (Fsp3) is 0.300. The second-order valence-electron chi connectivity index (χ2n) is 6.10. The maximum Gasteiger partial charge on any atom is 0.290 e. The smallest absolute Gasteiger partial charge is 0.290 e. The first-order valence-corrected chi connectivity index (χ1v) is 8.54. The molecule has 6 heteroatoms. The molecule has 1 atom stereocenters. The number of nitrogens with zero attached hydrogens (tertiary/aromatic N) is 1. The van der Waals surface area contributed by atoms with Gasteiger partial charge in [0, 0.05) is 6.54 Å². The molecule has 1 aliphatic rings. The van der Waals surface area contributed by atoms with Crippen molar-refractivity contribution in [2.75, 3.05) is 13.7 Å². The van der Waals surface area contributed by atoms with Crippen LogP contribution in [0, 0.1) is 0 Å². The van der Waals surface area contributed by atoms with E-state index < -0.39 is 23.5 Å². The van der Waals surface area contributed by atoms with E-state index in [1.54, 1.807) is 37.4 Å². The predicted molar refractivity (Wildman–Crippen MR) is 95.0 cm³/mol. The molecule has 1 aromatic carbocycles. The van der Waals surface area contributed by atoms with Gasteiger partial charge in [-0.1, -0.05) is 25.5 Å². The summed E-state index contributed by atoms with van der Waals surface area (Å²) in [5, 5.41) is 10.4. The molecule has 1 N–H and O–H groups in total. The van der Waals surface area contributed by atoms with Gasteiger partial charge in [0.25, 0.3) is 5.91 Å². The van der Waals surface area contributed by atoms with Crippen LogP contribution in [0.5, 0.6) is 5.75 Å². The third-order valence-electron chi connectivity index (χ3n) is 4.48. The standard InChI is InChI=1S/C20H21NO5/c1-3-4-11-21-17(13-7-9-14(25-2)10-8-13)16(19(23)20(21)24)18(22)15-6-5-12-26-15/h5-10,12,17,23H,3-4,11H2,1-2H3. The molecule has 1 amide bonds. The van der Waals surface area contributed by atoms with Crippen LogP contribution in [-0.4, -0.2) is 35.4 Å². The highest BCUT2D eigenvalue weighted by Gasteiger charge is 2.44. The maximum atomic E-state index is 12.9. The van der Waals surface area contributed by atoms with E-state index >= 15 is 0 Å². The lowest BCUT2D eigenvalue weighted by atomic mass is 9.95. The second-order valence-corrected chi connectivity index (χ2v) is 6.10. The third-order valence-corrected chi connectivity index (χ3v) is 4.48. The number of methoxy groups -OCH3 is 1. The van der Waals surface area contributed by atoms with Crippen LogP contribution in [0.4, 0.5) is 0 Å². The van der Waals surface area contributed by atoms with Crippen LogP contribution in [0.2, 0.25) is 0 Å². The first kappa shape index (κ1) is 17.8. The molecule has 0 aliphatic carbocycles. The predicted octanol–water partition coefficient (Wildman–Crippen LogP) is 3.67. The van der Waals surface area contributed by atoms with Crippen molar-refractivity contribution in [2.24, 2.45) is 0 Å². The molecule has 1 aromatic heterocycles. The van der Waals surface area contributed by atoms with E-state index in [9.17, 15) is 14.7 Å². The van der Waals surface area contributed by atoms with Gasteiger partial charge in [-0.3, -0.25) is 9.59 Å². The number of hydrogen-bond donors (Lipinski definition) is 1. The number of benzene rings is 1. The lowest BCUT2D eigenvalue weighted by Gasteiger charge is -2.26. The molecule has 3 rings (SSSR count). The molecule has 0 bridgehead atoms. The Kier molecular flexibility index (Phi) is 5.11. The largest absolute Gasteiger partial charge is 0.503 e. The van der Waals surface area contributed by atoms with Gasteiger partial charge < -0.3 is 19.2 Å². The quantitative estimate of drug-likeness (QED) is 0.767. The van der Waals surface area contributed by atoms with Crippen LogP contribution in [0.15, 0.2) is 58.4 Å². The van der Waals surface area contributed by atoms with Gasteiger partial charge in [-0.15, -0.1) is 0 Å². The van der Waals surface area contributed by atoms with Crippen molar-refractivity contribution in [1.29, 1.82) is 0 Å². The lowest BCUT2D eigenvalue weighted by Crippen LogP contribution is -2.32. The van der Waals surface area contributed by atoms with Gasteiger partial charge >= 0.3 is 0 Å². The van der Waals surface area contributed by atoms with Crippen molar-refractivity contribution in [1.82, 2.24) is 4.90 Å². The van der Waals surface area contributed by atoms with E-state index in [1.165, 1.54) is 17.2 Å². The Labute approximate surface area is 151 Å². The highest BCUT2D eigenvalue weighted by atomic mass is 16.5. The molecular weight excluding hydrogens is 334 g/mol. The average Bonchev–Trinajstić information content (AvgIpc) is 3.28. The Morgan fingerprint density at radius 2 is 2.00 bits per heavy atom. The zero-order valence-corrected chi connectivity index (χ0v) is 14.8. The van der Waals surface area contributed by atoms with Crippen molar-refractivity contribution >= 4 is 11.7 Å². The number of carbonyl (C=O) groups excluding carboxylic acids is 2. The van der Waals surface area contributed by atoms with E-state index in [-0.39, 0.29) is 11.3 Å². The Morgan fingerprint density at radius 3 is 2.58 bits per heavy atom. The number of ketones is 1. The average molecular weight is 355 g/mol. The summed E-state index contributed by atoms with van der Waals surface area (Å²) in [4.78, 5) is 27.0. The number of aliphatic hydroxyl groups is 1. The fourth-order valence-corrected chi connectivity index (χ4v) is 3.12. The molecule has 0 fully saturated rings. The number of amides is 1. The highest BCUT2D eigenvalue weighted by molar-refractivity contribution is 6.15. The number of hydrogen-bond acceptors (Lipinski definition) is 5. The number of carbonyl (C=O) groups is 2. The van der Waals surface area contributed by atoms with Crippen LogP contribution in [0.25, 0.3) is 0 Å². The van der Waals surface area contributed by atoms with Crippen molar-refractivity contribution in [2.45, 2.75) is 25.8 Å². The molecule has 26 heavy (non-hydrogen) atoms. The minimum absolute atomic E-state index is 0.0474. The SMILES string of the molecule is CCCCN1C(=O)C(O)=C(C(=O)c2ccco2)C1c1ccc(OC)cc1. The van der Waals surface area contributed by atoms with Crippen LogP contribution in [0.1, 0.15) is 41.9 Å². The number of rotatable bonds is 7. The monoisotopic (exact) mass is 355 g/mol. The summed E-state index contributed by atoms with van der Waals surface area (Å²) in [6.07, 6.45) is 3.05. The summed E-state index contributed by atoms with van der Waals surface area (Å²) in [6.45, 7) is 2.47. The molecule has 0 saturated heterocycles. The van der Waals surface area contributed by atoms with Gasteiger partial charge in [-0.2, -0.15) is 0 Å². The molecule has 2 heterocycles. The second kappa shape index (κ2) is 7.47. The summed E-state index contributed by atoms with van der Waals surface area (Å²) in [7, 11) is 1.57. The fourth-order valence-electron chi connectivity index (χ4n) is 3.12. The van der Waals surface area contributed by atoms with Crippen LogP contribution >= 0.6 is 0 Å². The van der Waals surface area contributed by atoms with E-state index in [0.717, 1.165) is 18.4 Å².